The van der Waals surface area contributed by atoms with Crippen LogP contribution in [0.2, 0.25) is 0 Å². The van der Waals surface area contributed by atoms with Crippen molar-refractivity contribution in [2.75, 3.05) is 0 Å². The molecule has 0 saturated heterocycles. The molecule has 8 nitrogen and oxygen atoms in total. The number of nitrogens with one attached hydrogen (secondary N) is 2. The molecule has 1 saturated carbocycles. The maximum absolute atomic E-state index is 13.7. The van der Waals surface area contributed by atoms with Gasteiger partial charge in [0.05, 0.1) is 34.6 Å². The summed E-state index contributed by atoms with van der Waals surface area (Å²) in [5.41, 5.74) is 5.99. The zero-order valence-electron chi connectivity index (χ0n) is 22.6. The Balaban J connectivity index is 1.22. The Morgan fingerprint density at radius 2 is 2.00 bits per heavy atom. The lowest BCUT2D eigenvalue weighted by Crippen LogP contribution is -2.30. The van der Waals surface area contributed by atoms with Crippen molar-refractivity contribution in [2.45, 2.75) is 50.6 Å². The lowest BCUT2D eigenvalue weighted by Gasteiger charge is -2.25. The van der Waals surface area contributed by atoms with Crippen molar-refractivity contribution in [1.82, 2.24) is 24.8 Å². The minimum atomic E-state index is -0.373. The third-order valence-corrected chi connectivity index (χ3v) is 8.20. The first-order valence-electron chi connectivity index (χ1n) is 14.2. The maximum Gasteiger partial charge on any atom is 0.251 e. The van der Waals surface area contributed by atoms with Crippen LogP contribution in [0.25, 0.3) is 33.3 Å². The number of carbonyl (C=O) groups is 1. The van der Waals surface area contributed by atoms with Gasteiger partial charge in [0.15, 0.2) is 0 Å². The monoisotopic (exact) mass is 545 g/mol. The van der Waals surface area contributed by atoms with Crippen LogP contribution in [0.5, 0.6) is 5.75 Å². The molecule has 4 aromatic heterocycles. The van der Waals surface area contributed by atoms with Crippen LogP contribution in [-0.2, 0) is 6.42 Å². The number of carbonyl (C=O) groups excluding carboxylic acids is 1. The van der Waals surface area contributed by atoms with E-state index in [0.29, 0.717) is 18.0 Å². The van der Waals surface area contributed by atoms with E-state index in [4.69, 9.17) is 9.40 Å². The van der Waals surface area contributed by atoms with Gasteiger partial charge in [0.1, 0.15) is 17.8 Å². The molecule has 1 aliphatic carbocycles. The van der Waals surface area contributed by atoms with Crippen LogP contribution in [-0.4, -0.2) is 30.5 Å². The second-order valence-electron chi connectivity index (χ2n) is 10.8. The molecule has 41 heavy (non-hydrogen) atoms. The molecule has 1 atom stereocenters. The van der Waals surface area contributed by atoms with Gasteiger partial charge >= 0.3 is 0 Å². The van der Waals surface area contributed by atoms with Gasteiger partial charge in [-0.15, -0.1) is 0 Å². The first-order chi connectivity index (χ1) is 20.1. The van der Waals surface area contributed by atoms with E-state index >= 15 is 0 Å². The highest BCUT2D eigenvalue weighted by atomic mass is 16.3. The summed E-state index contributed by atoms with van der Waals surface area (Å²) in [5.74, 6) is 0.891. The fourth-order valence-corrected chi connectivity index (χ4v) is 6.15. The second-order valence-corrected chi connectivity index (χ2v) is 10.8. The molecular weight excluding hydrogens is 514 g/mol. The Morgan fingerprint density at radius 3 is 2.80 bits per heavy atom. The fraction of sp³-hybridized carbons (Fsp3) is 0.242. The summed E-state index contributed by atoms with van der Waals surface area (Å²) in [6, 6.07) is 18.7. The molecule has 0 radical (unpaired) electrons. The number of hydrogen-bond acceptors (Lipinski definition) is 5. The van der Waals surface area contributed by atoms with Crippen LogP contribution < -0.4 is 5.32 Å². The minimum Gasteiger partial charge on any atom is -0.508 e. The lowest BCUT2D eigenvalue weighted by molar-refractivity contribution is 0.0935. The van der Waals surface area contributed by atoms with E-state index in [-0.39, 0.29) is 17.7 Å². The minimum absolute atomic E-state index is 0.192. The van der Waals surface area contributed by atoms with Gasteiger partial charge in [-0.05, 0) is 73.0 Å². The van der Waals surface area contributed by atoms with Crippen molar-refractivity contribution in [3.63, 3.8) is 0 Å². The molecule has 1 aliphatic rings. The number of H-pyrrole nitrogens is 1. The number of amides is 1. The first-order valence-corrected chi connectivity index (χ1v) is 14.2. The summed E-state index contributed by atoms with van der Waals surface area (Å²) >= 11 is 0. The highest BCUT2D eigenvalue weighted by Gasteiger charge is 2.24. The topological polar surface area (TPSA) is 109 Å². The number of rotatable bonds is 7. The molecule has 7 rings (SSSR count). The molecule has 4 heterocycles. The van der Waals surface area contributed by atoms with Crippen LogP contribution >= 0.6 is 0 Å². The number of benzene rings is 2. The van der Waals surface area contributed by atoms with Crippen molar-refractivity contribution in [3.05, 3.63) is 102 Å². The van der Waals surface area contributed by atoms with Crippen molar-refractivity contribution in [3.8, 4) is 17.1 Å². The van der Waals surface area contributed by atoms with Crippen LogP contribution in [0.1, 0.15) is 65.8 Å². The van der Waals surface area contributed by atoms with Crippen molar-refractivity contribution >= 4 is 27.8 Å². The lowest BCUT2D eigenvalue weighted by atomic mass is 9.95. The SMILES string of the molecule is O=C(NC(Cc1c[nH]c2ccc(O)cc12)c1ccccn1)c1ccc2c(c1)nc(-c1ccoc1)n2C1CCCCC1. The molecule has 8 heteroatoms. The molecule has 6 aromatic rings. The number of aromatic amines is 1. The zero-order valence-corrected chi connectivity index (χ0v) is 22.6. The Labute approximate surface area is 237 Å². The van der Waals surface area contributed by atoms with Gasteiger partial charge in [-0.1, -0.05) is 25.3 Å². The normalized spacial score (nSPS) is 14.9. The molecule has 1 unspecified atom stereocenters. The largest absolute Gasteiger partial charge is 0.508 e. The number of nitrogens with zero attached hydrogens (tertiary/aromatic N) is 3. The number of phenolic OH excluding ortho intramolecular Hbond substituents is 1. The summed E-state index contributed by atoms with van der Waals surface area (Å²) in [7, 11) is 0. The summed E-state index contributed by atoms with van der Waals surface area (Å²) < 4.78 is 7.73. The third kappa shape index (κ3) is 4.86. The van der Waals surface area contributed by atoms with E-state index in [0.717, 1.165) is 57.4 Å². The van der Waals surface area contributed by atoms with E-state index in [9.17, 15) is 9.90 Å². The highest BCUT2D eigenvalue weighted by molar-refractivity contribution is 5.98. The Hall–Kier alpha value is -4.85. The first kappa shape index (κ1) is 25.1. The number of imidazole rings is 1. The standard InChI is InChI=1S/C33H31N5O3/c39-25-10-11-27-26(18-25)23(19-35-27)17-29(28-8-4-5-14-34-28)37-33(40)21-9-12-31-30(16-21)36-32(22-13-15-41-20-22)38(31)24-6-2-1-3-7-24/h4-5,8-16,18-20,24,29,35,39H,1-3,6-7,17H2,(H,37,40). The number of aromatic nitrogens is 4. The number of phenols is 1. The molecule has 1 amide bonds. The Kier molecular flexibility index (Phi) is 6.51. The van der Waals surface area contributed by atoms with Crippen LogP contribution in [0.15, 0.2) is 90.0 Å². The summed E-state index contributed by atoms with van der Waals surface area (Å²) in [6.45, 7) is 0. The molecule has 206 valence electrons. The molecule has 3 N–H and O–H groups in total. The molecule has 0 bridgehead atoms. The Morgan fingerprint density at radius 1 is 1.10 bits per heavy atom. The average molecular weight is 546 g/mol. The van der Waals surface area contributed by atoms with Gasteiger partial charge in [-0.3, -0.25) is 9.78 Å². The second kappa shape index (κ2) is 10.6. The summed E-state index contributed by atoms with van der Waals surface area (Å²) in [6.07, 6.45) is 13.5. The summed E-state index contributed by atoms with van der Waals surface area (Å²) in [5, 5.41) is 14.2. The quantitative estimate of drug-likeness (QED) is 0.198. The molecule has 0 spiro atoms. The van der Waals surface area contributed by atoms with Crippen LogP contribution in [0.3, 0.4) is 0 Å². The molecule has 0 aliphatic heterocycles. The predicted octanol–water partition coefficient (Wildman–Crippen LogP) is 7.10. The molecule has 1 fully saturated rings. The fourth-order valence-electron chi connectivity index (χ4n) is 6.15. The van der Waals surface area contributed by atoms with Crippen molar-refractivity contribution < 1.29 is 14.3 Å². The number of aromatic hydroxyl groups is 1. The van der Waals surface area contributed by atoms with Crippen LogP contribution in [0.4, 0.5) is 0 Å². The Bertz CT molecular complexity index is 1810. The third-order valence-electron chi connectivity index (χ3n) is 8.20. The van der Waals surface area contributed by atoms with Gasteiger partial charge in [0.2, 0.25) is 0 Å². The smallest absolute Gasteiger partial charge is 0.251 e. The summed E-state index contributed by atoms with van der Waals surface area (Å²) in [4.78, 5) is 26.5. The van der Waals surface area contributed by atoms with E-state index in [1.165, 1.54) is 19.3 Å². The van der Waals surface area contributed by atoms with Gasteiger partial charge in [-0.25, -0.2) is 4.98 Å². The highest BCUT2D eigenvalue weighted by Crippen LogP contribution is 2.36. The van der Waals surface area contributed by atoms with Gasteiger partial charge in [0, 0.05) is 41.3 Å². The van der Waals surface area contributed by atoms with E-state index in [1.54, 1.807) is 30.9 Å². The zero-order chi connectivity index (χ0) is 27.8. The predicted molar refractivity (Wildman–Crippen MR) is 158 cm³/mol. The number of hydrogen-bond donors (Lipinski definition) is 3. The number of fused-ring (bicyclic) bond motifs is 2. The average Bonchev–Trinajstić information content (AvgIpc) is 3.76. The van der Waals surface area contributed by atoms with Crippen molar-refractivity contribution in [1.29, 1.82) is 0 Å². The number of furan rings is 1. The van der Waals surface area contributed by atoms with Gasteiger partial charge in [0.25, 0.3) is 5.91 Å². The van der Waals surface area contributed by atoms with Gasteiger partial charge in [-0.2, -0.15) is 0 Å². The molecule has 2 aromatic carbocycles. The van der Waals surface area contributed by atoms with Gasteiger partial charge < -0.3 is 24.4 Å². The van der Waals surface area contributed by atoms with E-state index in [1.807, 2.05) is 54.7 Å². The molecular formula is C33H31N5O3. The van der Waals surface area contributed by atoms with Crippen molar-refractivity contribution in [2.24, 2.45) is 0 Å². The maximum atomic E-state index is 13.7. The van der Waals surface area contributed by atoms with E-state index in [2.05, 4.69) is 19.9 Å². The van der Waals surface area contributed by atoms with Crippen LogP contribution in [0, 0.1) is 0 Å². The number of pyridine rings is 1. The van der Waals surface area contributed by atoms with E-state index < -0.39 is 0 Å².